The van der Waals surface area contributed by atoms with Gasteiger partial charge in [-0.25, -0.2) is 4.79 Å². The van der Waals surface area contributed by atoms with E-state index >= 15 is 0 Å². The summed E-state index contributed by atoms with van der Waals surface area (Å²) in [6.45, 7) is 6.14. The molecule has 0 aliphatic carbocycles. The number of hydrogen-bond donors (Lipinski definition) is 0. The Morgan fingerprint density at radius 2 is 1.83 bits per heavy atom. The third-order valence-electron chi connectivity index (χ3n) is 5.74. The largest absolute Gasteiger partial charge is 0.497 e. The van der Waals surface area contributed by atoms with Crippen LogP contribution in [0.2, 0.25) is 0 Å². The number of hydrogen-bond acceptors (Lipinski definition) is 5. The van der Waals surface area contributed by atoms with E-state index in [9.17, 15) is 14.4 Å². The number of likely N-dealkylation sites (tertiary alicyclic amines) is 1. The van der Waals surface area contributed by atoms with Crippen molar-refractivity contribution in [2.75, 3.05) is 20.3 Å². The van der Waals surface area contributed by atoms with Crippen LogP contribution in [0.1, 0.15) is 58.4 Å². The summed E-state index contributed by atoms with van der Waals surface area (Å²) in [5.74, 6) is -0.589. The molecule has 6 nitrogen and oxygen atoms in total. The number of nitrogens with zero attached hydrogens (tertiary/aromatic N) is 1. The number of esters is 1. The Labute approximate surface area is 173 Å². The van der Waals surface area contributed by atoms with E-state index in [0.29, 0.717) is 25.8 Å². The van der Waals surface area contributed by atoms with Crippen LogP contribution in [-0.4, -0.2) is 48.9 Å². The van der Waals surface area contributed by atoms with E-state index in [2.05, 4.69) is 0 Å². The van der Waals surface area contributed by atoms with Gasteiger partial charge in [0.15, 0.2) is 0 Å². The SMILES string of the molecule is CCC(C)(C)C(=O)C(=O)N1CCCCC1C(=O)OCCCc1ccc(OC)cc1. The van der Waals surface area contributed by atoms with Gasteiger partial charge in [-0.15, -0.1) is 0 Å². The van der Waals surface area contributed by atoms with Crippen molar-refractivity contribution in [1.82, 2.24) is 4.90 Å². The molecule has 0 spiro atoms. The molecule has 29 heavy (non-hydrogen) atoms. The highest BCUT2D eigenvalue weighted by atomic mass is 16.5. The molecule has 1 aliphatic heterocycles. The molecular weight excluding hydrogens is 370 g/mol. The number of carbonyl (C=O) groups is 3. The molecule has 1 aromatic rings. The fourth-order valence-electron chi connectivity index (χ4n) is 3.34. The van der Waals surface area contributed by atoms with E-state index in [4.69, 9.17) is 9.47 Å². The van der Waals surface area contributed by atoms with E-state index in [-0.39, 0.29) is 6.61 Å². The van der Waals surface area contributed by atoms with E-state index in [1.165, 1.54) is 4.90 Å². The van der Waals surface area contributed by atoms with Crippen molar-refractivity contribution < 1.29 is 23.9 Å². The quantitative estimate of drug-likeness (QED) is 0.358. The minimum atomic E-state index is -0.721. The lowest BCUT2D eigenvalue weighted by atomic mass is 9.84. The van der Waals surface area contributed by atoms with E-state index in [0.717, 1.165) is 30.6 Å². The Hall–Kier alpha value is -2.37. The molecule has 0 bridgehead atoms. The number of methoxy groups -OCH3 is 1. The van der Waals surface area contributed by atoms with Gasteiger partial charge in [-0.3, -0.25) is 9.59 Å². The maximum Gasteiger partial charge on any atom is 0.328 e. The number of Topliss-reactive ketones (excluding diaryl/α,β-unsaturated/α-hetero) is 1. The molecule has 1 heterocycles. The first-order valence-electron chi connectivity index (χ1n) is 10.4. The van der Waals surface area contributed by atoms with Gasteiger partial charge < -0.3 is 14.4 Å². The molecule has 1 aliphatic rings. The van der Waals surface area contributed by atoms with Gasteiger partial charge in [0.2, 0.25) is 5.78 Å². The zero-order chi connectivity index (χ0) is 21.4. The average molecular weight is 404 g/mol. The summed E-state index contributed by atoms with van der Waals surface area (Å²) in [6, 6.07) is 7.13. The lowest BCUT2D eigenvalue weighted by molar-refractivity contribution is -0.161. The zero-order valence-corrected chi connectivity index (χ0v) is 18.0. The lowest BCUT2D eigenvalue weighted by Crippen LogP contribution is -2.53. The van der Waals surface area contributed by atoms with E-state index in [1.807, 2.05) is 31.2 Å². The molecule has 160 valence electrons. The predicted molar refractivity (Wildman–Crippen MR) is 111 cm³/mol. The minimum absolute atomic E-state index is 0.289. The highest BCUT2D eigenvalue weighted by Gasteiger charge is 2.40. The van der Waals surface area contributed by atoms with Crippen LogP contribution in [0.5, 0.6) is 5.75 Å². The first-order valence-corrected chi connectivity index (χ1v) is 10.4. The predicted octanol–water partition coefficient (Wildman–Crippen LogP) is 3.56. The number of ketones is 1. The van der Waals surface area contributed by atoms with Gasteiger partial charge in [-0.05, 0) is 56.2 Å². The monoisotopic (exact) mass is 403 g/mol. The second-order valence-electron chi connectivity index (χ2n) is 8.20. The summed E-state index contributed by atoms with van der Waals surface area (Å²) >= 11 is 0. The molecular formula is C23H33NO5. The molecule has 1 unspecified atom stereocenters. The fraction of sp³-hybridized carbons (Fsp3) is 0.609. The van der Waals surface area contributed by atoms with Crippen molar-refractivity contribution in [3.63, 3.8) is 0 Å². The van der Waals surface area contributed by atoms with Crippen molar-refractivity contribution >= 4 is 17.7 Å². The molecule has 0 saturated carbocycles. The van der Waals surface area contributed by atoms with Gasteiger partial charge in [0, 0.05) is 12.0 Å². The van der Waals surface area contributed by atoms with Crippen LogP contribution in [0.15, 0.2) is 24.3 Å². The van der Waals surface area contributed by atoms with Crippen molar-refractivity contribution in [1.29, 1.82) is 0 Å². The average Bonchev–Trinajstić information content (AvgIpc) is 2.75. The third-order valence-corrected chi connectivity index (χ3v) is 5.74. The highest BCUT2D eigenvalue weighted by molar-refractivity contribution is 6.38. The van der Waals surface area contributed by atoms with Gasteiger partial charge in [0.05, 0.1) is 13.7 Å². The summed E-state index contributed by atoms with van der Waals surface area (Å²) in [5, 5.41) is 0. The first-order chi connectivity index (χ1) is 13.8. The summed E-state index contributed by atoms with van der Waals surface area (Å²) in [5.41, 5.74) is 0.421. The highest BCUT2D eigenvalue weighted by Crippen LogP contribution is 2.25. The van der Waals surface area contributed by atoms with Gasteiger partial charge in [-0.1, -0.05) is 32.9 Å². The van der Waals surface area contributed by atoms with Gasteiger partial charge in [-0.2, -0.15) is 0 Å². The van der Waals surface area contributed by atoms with Crippen LogP contribution in [-0.2, 0) is 25.5 Å². The van der Waals surface area contributed by atoms with Crippen LogP contribution in [0.3, 0.4) is 0 Å². The van der Waals surface area contributed by atoms with Crippen molar-refractivity contribution in [2.45, 2.75) is 65.3 Å². The van der Waals surface area contributed by atoms with Crippen LogP contribution < -0.4 is 4.74 Å². The van der Waals surface area contributed by atoms with Crippen molar-refractivity contribution in [3.8, 4) is 5.75 Å². The second kappa shape index (κ2) is 10.4. The summed E-state index contributed by atoms with van der Waals surface area (Å²) in [7, 11) is 1.63. The standard InChI is InChI=1S/C23H33NO5/c1-5-23(2,3)20(25)21(26)24-15-7-6-10-19(24)22(27)29-16-8-9-17-11-13-18(28-4)14-12-17/h11-14,19H,5-10,15-16H2,1-4H3. The Kier molecular flexibility index (Phi) is 8.23. The summed E-state index contributed by atoms with van der Waals surface area (Å²) in [6.07, 6.45) is 4.25. The molecule has 1 saturated heterocycles. The van der Waals surface area contributed by atoms with Crippen LogP contribution >= 0.6 is 0 Å². The minimum Gasteiger partial charge on any atom is -0.497 e. The molecule has 1 amide bonds. The van der Waals surface area contributed by atoms with E-state index < -0.39 is 29.1 Å². The number of carbonyl (C=O) groups excluding carboxylic acids is 3. The van der Waals surface area contributed by atoms with Crippen LogP contribution in [0.4, 0.5) is 0 Å². The fourth-order valence-corrected chi connectivity index (χ4v) is 3.34. The molecule has 1 fully saturated rings. The Bertz CT molecular complexity index is 710. The van der Waals surface area contributed by atoms with Crippen molar-refractivity contribution in [3.05, 3.63) is 29.8 Å². The van der Waals surface area contributed by atoms with Crippen LogP contribution in [0.25, 0.3) is 0 Å². The number of piperidine rings is 1. The topological polar surface area (TPSA) is 72.9 Å². The molecule has 2 rings (SSSR count). The molecule has 1 aromatic carbocycles. The lowest BCUT2D eigenvalue weighted by Gasteiger charge is -2.35. The molecule has 1 atom stereocenters. The molecule has 0 aromatic heterocycles. The van der Waals surface area contributed by atoms with Gasteiger partial charge in [0.1, 0.15) is 11.8 Å². The number of benzene rings is 1. The van der Waals surface area contributed by atoms with Crippen LogP contribution in [0, 0.1) is 5.41 Å². The summed E-state index contributed by atoms with van der Waals surface area (Å²) < 4.78 is 10.6. The smallest absolute Gasteiger partial charge is 0.328 e. The Morgan fingerprint density at radius 3 is 2.45 bits per heavy atom. The second-order valence-corrected chi connectivity index (χ2v) is 8.20. The number of amides is 1. The van der Waals surface area contributed by atoms with Gasteiger partial charge >= 0.3 is 5.97 Å². The number of aryl methyl sites for hydroxylation is 1. The Morgan fingerprint density at radius 1 is 1.14 bits per heavy atom. The number of ether oxygens (including phenoxy) is 2. The first kappa shape index (κ1) is 22.9. The number of rotatable bonds is 9. The molecule has 0 radical (unpaired) electrons. The zero-order valence-electron chi connectivity index (χ0n) is 18.0. The third kappa shape index (κ3) is 6.05. The Balaban J connectivity index is 1.88. The normalized spacial score (nSPS) is 17.0. The molecule has 0 N–H and O–H groups in total. The molecule has 6 heteroatoms. The maximum absolute atomic E-state index is 12.7. The maximum atomic E-state index is 12.7. The van der Waals surface area contributed by atoms with Gasteiger partial charge in [0.25, 0.3) is 5.91 Å². The van der Waals surface area contributed by atoms with Crippen molar-refractivity contribution in [2.24, 2.45) is 5.41 Å². The summed E-state index contributed by atoms with van der Waals surface area (Å²) in [4.78, 5) is 39.3. The van der Waals surface area contributed by atoms with E-state index in [1.54, 1.807) is 21.0 Å².